The number of aliphatic hydroxyl groups excluding tert-OH is 3. The summed E-state index contributed by atoms with van der Waals surface area (Å²) in [5.41, 5.74) is 12.6. The van der Waals surface area contributed by atoms with E-state index in [4.69, 9.17) is 19.3 Å². The van der Waals surface area contributed by atoms with Crippen molar-refractivity contribution in [3.05, 3.63) is 128 Å². The van der Waals surface area contributed by atoms with Crippen LogP contribution in [0, 0.1) is 38.5 Å². The minimum atomic E-state index is -0.917. The van der Waals surface area contributed by atoms with E-state index in [1.807, 2.05) is 13.0 Å². The molecule has 9 heteroatoms. The van der Waals surface area contributed by atoms with E-state index in [9.17, 15) is 24.9 Å². The van der Waals surface area contributed by atoms with Gasteiger partial charge in [0.1, 0.15) is 30.8 Å². The van der Waals surface area contributed by atoms with Crippen LogP contribution in [0.4, 0.5) is 0 Å². The van der Waals surface area contributed by atoms with Crippen LogP contribution in [0.3, 0.4) is 0 Å². The molecule has 0 bridgehead atoms. The monoisotopic (exact) mass is 1030 g/mol. The Hall–Kier alpha value is -4.70. The molecule has 3 fully saturated rings. The van der Waals surface area contributed by atoms with Crippen LogP contribution in [0.1, 0.15) is 213 Å². The molecule has 7 rings (SSSR count). The maximum absolute atomic E-state index is 11.4. The summed E-state index contributed by atoms with van der Waals surface area (Å²) in [6.07, 6.45) is 16.9. The molecule has 412 valence electrons. The van der Waals surface area contributed by atoms with Crippen LogP contribution < -0.4 is 9.47 Å². The van der Waals surface area contributed by atoms with Gasteiger partial charge in [0, 0.05) is 23.7 Å². The number of carbonyl (C=O) groups is 2. The topological polar surface area (TPSA) is 143 Å². The highest BCUT2D eigenvalue weighted by Gasteiger charge is 2.38. The van der Waals surface area contributed by atoms with Gasteiger partial charge in [0.05, 0.1) is 18.3 Å². The van der Waals surface area contributed by atoms with E-state index in [1.54, 1.807) is 0 Å². The SMILES string of the molecule is CCC(CC)(c1ccc(CCC(O)C2(C)CCCC2)c(C)c1)c1ccc(OC[C@H](O)CCC(=O)O)c(C)c1.CCC(CC)(c1ccc(CCC(O)C2(C)CCCC2)c(C)c1)c1ccc(OC[C@H]2CCC(=O)O2)c(C)c1. The molecule has 4 aromatic carbocycles. The quantitative estimate of drug-likeness (QED) is 0.0477. The van der Waals surface area contributed by atoms with Crippen molar-refractivity contribution in [2.45, 2.75) is 233 Å². The van der Waals surface area contributed by atoms with Gasteiger partial charge in [0.25, 0.3) is 0 Å². The predicted octanol–water partition coefficient (Wildman–Crippen LogP) is 14.3. The molecule has 4 atom stereocenters. The minimum Gasteiger partial charge on any atom is -0.491 e. The van der Waals surface area contributed by atoms with Crippen LogP contribution in [-0.4, -0.2) is 70.0 Å². The molecule has 2 unspecified atom stereocenters. The fourth-order valence-corrected chi connectivity index (χ4v) is 13.0. The Labute approximate surface area is 451 Å². The molecule has 75 heavy (non-hydrogen) atoms. The largest absolute Gasteiger partial charge is 0.491 e. The zero-order valence-corrected chi connectivity index (χ0v) is 47.6. The van der Waals surface area contributed by atoms with E-state index in [-0.39, 0.29) is 65.4 Å². The van der Waals surface area contributed by atoms with Gasteiger partial charge in [0.2, 0.25) is 0 Å². The van der Waals surface area contributed by atoms with Gasteiger partial charge in [-0.3, -0.25) is 9.59 Å². The molecule has 3 aliphatic rings. The number of carbonyl (C=O) groups excluding carboxylic acids is 1. The molecular weight excluding hydrogens is 937 g/mol. The highest BCUT2D eigenvalue weighted by Crippen LogP contribution is 2.45. The molecule has 2 aliphatic carbocycles. The fraction of sp³-hybridized carbons (Fsp3) is 0.606. The highest BCUT2D eigenvalue weighted by molar-refractivity contribution is 5.71. The number of rotatable bonds is 25. The summed E-state index contributed by atoms with van der Waals surface area (Å²) in [5.74, 6) is 0.524. The van der Waals surface area contributed by atoms with E-state index in [0.29, 0.717) is 18.8 Å². The third kappa shape index (κ3) is 14.5. The number of benzene rings is 4. The molecule has 0 radical (unpaired) electrons. The maximum atomic E-state index is 11.4. The second-order valence-electron chi connectivity index (χ2n) is 23.5. The zero-order chi connectivity index (χ0) is 54.6. The summed E-state index contributed by atoms with van der Waals surface area (Å²) in [6.45, 7) is 22.6. The molecule has 9 nitrogen and oxygen atoms in total. The van der Waals surface area contributed by atoms with Gasteiger partial charge in [-0.15, -0.1) is 0 Å². The van der Waals surface area contributed by atoms with Crippen molar-refractivity contribution in [2.75, 3.05) is 13.2 Å². The summed E-state index contributed by atoms with van der Waals surface area (Å²) in [5, 5.41) is 40.6. The van der Waals surface area contributed by atoms with Crippen molar-refractivity contribution in [1.82, 2.24) is 0 Å². The zero-order valence-electron chi connectivity index (χ0n) is 47.6. The molecule has 4 aromatic rings. The number of esters is 1. The molecule has 0 amide bonds. The first-order valence-corrected chi connectivity index (χ1v) is 28.9. The van der Waals surface area contributed by atoms with Crippen molar-refractivity contribution < 1.29 is 44.2 Å². The molecule has 4 N–H and O–H groups in total. The second-order valence-corrected chi connectivity index (χ2v) is 23.5. The number of hydrogen-bond donors (Lipinski definition) is 4. The van der Waals surface area contributed by atoms with Gasteiger partial charge < -0.3 is 34.6 Å². The number of aliphatic hydroxyl groups is 3. The first-order valence-electron chi connectivity index (χ1n) is 28.9. The second kappa shape index (κ2) is 26.6. The lowest BCUT2D eigenvalue weighted by molar-refractivity contribution is -0.142. The van der Waals surface area contributed by atoms with Crippen molar-refractivity contribution in [1.29, 1.82) is 0 Å². The first kappa shape index (κ1) is 59.5. The van der Waals surface area contributed by atoms with Crippen LogP contribution in [0.25, 0.3) is 0 Å². The van der Waals surface area contributed by atoms with Crippen LogP contribution in [0.15, 0.2) is 72.8 Å². The third-order valence-corrected chi connectivity index (χ3v) is 18.7. The summed E-state index contributed by atoms with van der Waals surface area (Å²) in [6, 6.07) is 26.7. The van der Waals surface area contributed by atoms with Crippen molar-refractivity contribution >= 4 is 11.9 Å². The molecule has 0 aromatic heterocycles. The van der Waals surface area contributed by atoms with E-state index < -0.39 is 12.1 Å². The van der Waals surface area contributed by atoms with Crippen molar-refractivity contribution in [2.24, 2.45) is 10.8 Å². The Balaban J connectivity index is 0.000000244. The molecule has 1 saturated heterocycles. The number of carboxylic acid groups (broad SMARTS) is 1. The van der Waals surface area contributed by atoms with E-state index in [1.165, 1.54) is 70.2 Å². The lowest BCUT2D eigenvalue weighted by atomic mass is 9.69. The summed E-state index contributed by atoms with van der Waals surface area (Å²) in [4.78, 5) is 22.1. The van der Waals surface area contributed by atoms with E-state index >= 15 is 0 Å². The lowest BCUT2D eigenvalue weighted by Crippen LogP contribution is -2.30. The van der Waals surface area contributed by atoms with Gasteiger partial charge in [-0.1, -0.05) is 128 Å². The number of hydrogen-bond acceptors (Lipinski definition) is 8. The minimum absolute atomic E-state index is 0.0651. The third-order valence-electron chi connectivity index (χ3n) is 18.7. The Kier molecular flexibility index (Phi) is 21.1. The molecule has 2 saturated carbocycles. The summed E-state index contributed by atoms with van der Waals surface area (Å²) in [7, 11) is 0. The average Bonchev–Trinajstić information content (AvgIpc) is 4.17. The number of aryl methyl sites for hydroxylation is 6. The van der Waals surface area contributed by atoms with Gasteiger partial charge in [0.15, 0.2) is 0 Å². The molecular formula is C66H94O9. The molecule has 1 aliphatic heterocycles. The van der Waals surface area contributed by atoms with Crippen LogP contribution >= 0.6 is 0 Å². The summed E-state index contributed by atoms with van der Waals surface area (Å²) >= 11 is 0. The molecule has 0 spiro atoms. The van der Waals surface area contributed by atoms with Gasteiger partial charge in [-0.05, 0) is 196 Å². The van der Waals surface area contributed by atoms with Gasteiger partial charge in [-0.25, -0.2) is 0 Å². The van der Waals surface area contributed by atoms with Crippen molar-refractivity contribution in [3.63, 3.8) is 0 Å². The highest BCUT2D eigenvalue weighted by atomic mass is 16.6. The maximum Gasteiger partial charge on any atom is 0.306 e. The Bertz CT molecular complexity index is 2490. The van der Waals surface area contributed by atoms with E-state index in [0.717, 1.165) is 100 Å². The number of ether oxygens (including phenoxy) is 3. The normalized spacial score (nSPS) is 18.5. The summed E-state index contributed by atoms with van der Waals surface area (Å²) < 4.78 is 17.2. The number of aliphatic carboxylic acids is 1. The lowest BCUT2D eigenvalue weighted by Gasteiger charge is -2.34. The Morgan fingerprint density at radius 3 is 1.37 bits per heavy atom. The van der Waals surface area contributed by atoms with Crippen LogP contribution in [0.5, 0.6) is 11.5 Å². The molecule has 1 heterocycles. The predicted molar refractivity (Wildman–Crippen MR) is 302 cm³/mol. The van der Waals surface area contributed by atoms with E-state index in [2.05, 4.69) is 129 Å². The standard InChI is InChI=1S/C33H48O5.C33H46O4/c1-6-33(7-2,27-13-15-29(24(4)21-27)38-22-28(34)14-17-31(36)37)26-12-10-25(23(3)20-26)11-16-30(35)32(5)18-8-9-19-32;1-6-33(7-2,27-13-15-29(24(4)21-27)36-22-28-14-17-31(35)37-28)26-12-10-25(23(3)20-26)11-16-30(34)32(5)18-8-9-19-32/h10,12-13,15,20-21,28,30,34-35H,6-9,11,14,16-19,22H2,1-5H3,(H,36,37);10,12-13,15,20-21,28,30,34H,6-9,11,14,16-19,22H2,1-5H3/t2*28-,30?/m11/s1. The van der Waals surface area contributed by atoms with Crippen LogP contribution in [-0.2, 0) is 38.0 Å². The Morgan fingerprint density at radius 1 is 0.613 bits per heavy atom. The smallest absolute Gasteiger partial charge is 0.306 e. The van der Waals surface area contributed by atoms with Crippen molar-refractivity contribution in [3.8, 4) is 11.5 Å². The first-order chi connectivity index (χ1) is 35.7. The number of cyclic esters (lactones) is 1. The Morgan fingerprint density at radius 2 is 1.01 bits per heavy atom. The van der Waals surface area contributed by atoms with Crippen LogP contribution in [0.2, 0.25) is 0 Å². The van der Waals surface area contributed by atoms with Gasteiger partial charge in [-0.2, -0.15) is 0 Å². The average molecular weight is 1030 g/mol. The fourth-order valence-electron chi connectivity index (χ4n) is 13.0. The van der Waals surface area contributed by atoms with Gasteiger partial charge >= 0.3 is 11.9 Å². The number of carboxylic acids is 1.